The number of amides is 1. The third kappa shape index (κ3) is 4.03. The molecule has 6 heteroatoms. The van der Waals surface area contributed by atoms with Crippen LogP contribution in [0.5, 0.6) is 0 Å². The molecule has 0 radical (unpaired) electrons. The second-order valence-corrected chi connectivity index (χ2v) is 7.98. The van der Waals surface area contributed by atoms with Crippen molar-refractivity contribution in [3.05, 3.63) is 59.1 Å². The molecule has 2 aromatic rings. The van der Waals surface area contributed by atoms with E-state index in [1.807, 2.05) is 48.2 Å². The third-order valence-corrected chi connectivity index (χ3v) is 5.99. The van der Waals surface area contributed by atoms with Gasteiger partial charge in [-0.25, -0.2) is 9.97 Å². The van der Waals surface area contributed by atoms with Crippen molar-refractivity contribution in [3.63, 3.8) is 0 Å². The summed E-state index contributed by atoms with van der Waals surface area (Å²) in [5.74, 6) is 1.63. The molecule has 1 fully saturated rings. The van der Waals surface area contributed by atoms with Gasteiger partial charge in [-0.1, -0.05) is 30.3 Å². The summed E-state index contributed by atoms with van der Waals surface area (Å²) in [6.45, 7) is 3.94. The number of nitrogens with one attached hydrogen (secondary N) is 1. The van der Waals surface area contributed by atoms with Crippen LogP contribution in [0.4, 0.5) is 5.82 Å². The highest BCUT2D eigenvalue weighted by Gasteiger charge is 2.45. The number of likely N-dealkylation sites (tertiary alicyclic amines) is 1. The number of aryl methyl sites for hydroxylation is 1. The highest BCUT2D eigenvalue weighted by atomic mass is 16.3. The topological polar surface area (TPSA) is 78.4 Å². The summed E-state index contributed by atoms with van der Waals surface area (Å²) >= 11 is 0. The molecule has 1 unspecified atom stereocenters. The number of nitrogens with zero attached hydrogens (tertiary/aromatic N) is 3. The molecule has 4 rings (SSSR count). The standard InChI is InChI=1S/C23H28N4O2/c1-17-25-21-19(22(26-17)24-13-15-28)10-12-23(21)11-5-14-27(16-23)20(29)9-8-18-6-3-2-4-7-18/h2-4,6-9,28H,5,10-16H2,1H3,(H,24,25,26)/b9-8+. The molecule has 0 bridgehead atoms. The van der Waals surface area contributed by atoms with Crippen molar-refractivity contribution in [1.82, 2.24) is 14.9 Å². The van der Waals surface area contributed by atoms with Gasteiger partial charge in [-0.05, 0) is 44.2 Å². The predicted octanol–water partition coefficient (Wildman–Crippen LogP) is 2.71. The summed E-state index contributed by atoms with van der Waals surface area (Å²) < 4.78 is 0. The van der Waals surface area contributed by atoms with Crippen molar-refractivity contribution >= 4 is 17.8 Å². The molecular formula is C23H28N4O2. The molecule has 1 aromatic carbocycles. The van der Waals surface area contributed by atoms with E-state index in [-0.39, 0.29) is 17.9 Å². The van der Waals surface area contributed by atoms with Gasteiger partial charge < -0.3 is 15.3 Å². The summed E-state index contributed by atoms with van der Waals surface area (Å²) in [4.78, 5) is 24.2. The number of benzene rings is 1. The first kappa shape index (κ1) is 19.6. The lowest BCUT2D eigenvalue weighted by Gasteiger charge is -2.40. The molecule has 1 amide bonds. The second kappa shape index (κ2) is 8.33. The zero-order chi connectivity index (χ0) is 20.3. The number of anilines is 1. The molecule has 2 aliphatic rings. The Hall–Kier alpha value is -2.73. The smallest absolute Gasteiger partial charge is 0.246 e. The fraction of sp³-hybridized carbons (Fsp3) is 0.435. The Morgan fingerprint density at radius 3 is 2.90 bits per heavy atom. The van der Waals surface area contributed by atoms with Crippen molar-refractivity contribution in [2.45, 2.75) is 38.0 Å². The number of hydrogen-bond donors (Lipinski definition) is 2. The van der Waals surface area contributed by atoms with E-state index in [2.05, 4.69) is 10.3 Å². The average Bonchev–Trinajstić information content (AvgIpc) is 3.08. The molecule has 1 atom stereocenters. The van der Waals surface area contributed by atoms with E-state index in [0.29, 0.717) is 13.1 Å². The van der Waals surface area contributed by atoms with E-state index in [9.17, 15) is 4.79 Å². The summed E-state index contributed by atoms with van der Waals surface area (Å²) in [7, 11) is 0. The minimum atomic E-state index is -0.0901. The highest BCUT2D eigenvalue weighted by molar-refractivity contribution is 5.92. The van der Waals surface area contributed by atoms with E-state index in [1.54, 1.807) is 6.08 Å². The Balaban J connectivity index is 1.55. The van der Waals surface area contributed by atoms with Crippen LogP contribution in [0.1, 0.15) is 41.9 Å². The number of aliphatic hydroxyl groups is 1. The van der Waals surface area contributed by atoms with Crippen molar-refractivity contribution in [1.29, 1.82) is 0 Å². The van der Waals surface area contributed by atoms with Gasteiger partial charge in [-0.2, -0.15) is 0 Å². The molecule has 1 spiro atoms. The van der Waals surface area contributed by atoms with E-state index in [1.165, 1.54) is 0 Å². The van der Waals surface area contributed by atoms with E-state index < -0.39 is 0 Å². The lowest BCUT2D eigenvalue weighted by Crippen LogP contribution is -2.47. The summed E-state index contributed by atoms with van der Waals surface area (Å²) in [6.07, 6.45) is 7.49. The van der Waals surface area contributed by atoms with Gasteiger partial charge in [0.1, 0.15) is 11.6 Å². The van der Waals surface area contributed by atoms with Gasteiger partial charge in [0, 0.05) is 36.7 Å². The van der Waals surface area contributed by atoms with Gasteiger partial charge in [0.05, 0.1) is 12.3 Å². The summed E-state index contributed by atoms with van der Waals surface area (Å²) in [6, 6.07) is 9.91. The number of carbonyl (C=O) groups excluding carboxylic acids is 1. The number of hydrogen-bond acceptors (Lipinski definition) is 5. The second-order valence-electron chi connectivity index (χ2n) is 7.98. The molecular weight excluding hydrogens is 364 g/mol. The number of carbonyl (C=O) groups is 1. The van der Waals surface area contributed by atoms with E-state index in [4.69, 9.17) is 10.1 Å². The van der Waals surface area contributed by atoms with E-state index >= 15 is 0 Å². The molecule has 1 aliphatic carbocycles. The zero-order valence-electron chi connectivity index (χ0n) is 16.9. The van der Waals surface area contributed by atoms with Crippen LogP contribution in [0.3, 0.4) is 0 Å². The Kier molecular flexibility index (Phi) is 5.62. The van der Waals surface area contributed by atoms with Crippen LogP contribution in [-0.2, 0) is 16.6 Å². The quantitative estimate of drug-likeness (QED) is 0.765. The van der Waals surface area contributed by atoms with Gasteiger partial charge >= 0.3 is 0 Å². The normalized spacial score (nSPS) is 21.0. The highest BCUT2D eigenvalue weighted by Crippen LogP contribution is 2.45. The van der Waals surface area contributed by atoms with Gasteiger partial charge in [0.25, 0.3) is 0 Å². The average molecular weight is 393 g/mol. The molecule has 2 N–H and O–H groups in total. The maximum Gasteiger partial charge on any atom is 0.246 e. The van der Waals surface area contributed by atoms with Gasteiger partial charge in [-0.15, -0.1) is 0 Å². The molecule has 1 aliphatic heterocycles. The Bertz CT molecular complexity index is 913. The van der Waals surface area contributed by atoms with Crippen LogP contribution in [0, 0.1) is 6.92 Å². The molecule has 1 aromatic heterocycles. The van der Waals surface area contributed by atoms with Crippen LogP contribution < -0.4 is 5.32 Å². The van der Waals surface area contributed by atoms with Crippen molar-refractivity contribution < 1.29 is 9.90 Å². The Morgan fingerprint density at radius 1 is 1.28 bits per heavy atom. The predicted molar refractivity (Wildman–Crippen MR) is 114 cm³/mol. The maximum atomic E-state index is 12.9. The van der Waals surface area contributed by atoms with Gasteiger partial charge in [0.15, 0.2) is 0 Å². The van der Waals surface area contributed by atoms with Crippen LogP contribution in [0.25, 0.3) is 6.08 Å². The molecule has 29 heavy (non-hydrogen) atoms. The number of rotatable bonds is 5. The largest absolute Gasteiger partial charge is 0.395 e. The van der Waals surface area contributed by atoms with Crippen molar-refractivity contribution in [3.8, 4) is 0 Å². The minimum Gasteiger partial charge on any atom is -0.395 e. The van der Waals surface area contributed by atoms with Gasteiger partial charge in [0.2, 0.25) is 5.91 Å². The molecule has 1 saturated heterocycles. The SMILES string of the molecule is Cc1nc(NCCO)c2c(n1)C1(CCCN(C(=O)/C=C/c3ccccc3)C1)CC2. The zero-order valence-corrected chi connectivity index (χ0v) is 16.9. The molecule has 6 nitrogen and oxygen atoms in total. The van der Waals surface area contributed by atoms with Crippen molar-refractivity contribution in [2.24, 2.45) is 0 Å². The number of fused-ring (bicyclic) bond motifs is 2. The molecule has 0 saturated carbocycles. The number of aliphatic hydroxyl groups excluding tert-OH is 1. The van der Waals surface area contributed by atoms with Crippen molar-refractivity contribution in [2.75, 3.05) is 31.6 Å². The number of aromatic nitrogens is 2. The number of piperidine rings is 1. The first-order chi connectivity index (χ1) is 14.1. The summed E-state index contributed by atoms with van der Waals surface area (Å²) in [5.41, 5.74) is 3.18. The fourth-order valence-corrected chi connectivity index (χ4v) is 4.63. The summed E-state index contributed by atoms with van der Waals surface area (Å²) in [5, 5.41) is 12.4. The lowest BCUT2D eigenvalue weighted by atomic mass is 9.77. The molecule has 2 heterocycles. The van der Waals surface area contributed by atoms with Crippen LogP contribution in [-0.4, -0.2) is 52.1 Å². The fourth-order valence-electron chi connectivity index (χ4n) is 4.63. The van der Waals surface area contributed by atoms with Crippen LogP contribution in [0.2, 0.25) is 0 Å². The lowest BCUT2D eigenvalue weighted by molar-refractivity contribution is -0.128. The van der Waals surface area contributed by atoms with Crippen LogP contribution >= 0.6 is 0 Å². The Morgan fingerprint density at radius 2 is 2.10 bits per heavy atom. The van der Waals surface area contributed by atoms with E-state index in [0.717, 1.165) is 60.7 Å². The minimum absolute atomic E-state index is 0.0609. The first-order valence-corrected chi connectivity index (χ1v) is 10.4. The van der Waals surface area contributed by atoms with Crippen LogP contribution in [0.15, 0.2) is 36.4 Å². The third-order valence-electron chi connectivity index (χ3n) is 5.99. The maximum absolute atomic E-state index is 12.9. The van der Waals surface area contributed by atoms with Gasteiger partial charge in [-0.3, -0.25) is 4.79 Å². The molecule has 152 valence electrons. The monoisotopic (exact) mass is 392 g/mol. The first-order valence-electron chi connectivity index (χ1n) is 10.4. The Labute approximate surface area is 171 Å².